The van der Waals surface area contributed by atoms with Gasteiger partial charge in [0.05, 0.1) is 19.1 Å². The molecule has 2 aromatic heterocycles. The van der Waals surface area contributed by atoms with E-state index in [1.54, 1.807) is 0 Å². The molecule has 3 heterocycles. The van der Waals surface area contributed by atoms with Gasteiger partial charge in [-0.15, -0.1) is 0 Å². The van der Waals surface area contributed by atoms with E-state index in [0.717, 1.165) is 13.1 Å². The number of nitrogens with one attached hydrogen (secondary N) is 3. The van der Waals surface area contributed by atoms with Crippen LogP contribution in [0.4, 0.5) is 0 Å². The number of fused-ring (bicyclic) bond motifs is 2. The second kappa shape index (κ2) is 5.51. The second-order valence-corrected chi connectivity index (χ2v) is 6.62. The molecule has 0 aliphatic carbocycles. The topological polar surface area (TPSA) is 60.2 Å². The predicted octanol–water partition coefficient (Wildman–Crippen LogP) is 2.60. The van der Waals surface area contributed by atoms with Crippen molar-refractivity contribution in [2.24, 2.45) is 0 Å². The molecule has 5 rings (SSSR count). The Balaban J connectivity index is 1.39. The van der Waals surface area contributed by atoms with Crippen LogP contribution >= 0.6 is 0 Å². The van der Waals surface area contributed by atoms with Crippen molar-refractivity contribution >= 4 is 21.8 Å². The minimum Gasteiger partial charge on any atom is -0.361 e. The zero-order valence-electron chi connectivity index (χ0n) is 13.4. The predicted molar refractivity (Wildman–Crippen MR) is 96.9 cm³/mol. The van der Waals surface area contributed by atoms with Gasteiger partial charge in [-0.1, -0.05) is 36.4 Å². The first-order valence-electron chi connectivity index (χ1n) is 8.59. The molecule has 2 aromatic carbocycles. The fraction of sp³-hybridized carbons (Fsp3) is 0.200. The van der Waals surface area contributed by atoms with Crippen molar-refractivity contribution in [3.8, 4) is 0 Å². The molecule has 1 aliphatic rings. The molecule has 1 saturated heterocycles. The van der Waals surface area contributed by atoms with E-state index >= 15 is 0 Å². The highest BCUT2D eigenvalue weighted by molar-refractivity contribution is 5.84. The van der Waals surface area contributed by atoms with Gasteiger partial charge in [0.15, 0.2) is 0 Å². The zero-order valence-corrected chi connectivity index (χ0v) is 13.4. The molecule has 5 N–H and O–H groups in total. The fourth-order valence-corrected chi connectivity index (χ4v) is 3.99. The van der Waals surface area contributed by atoms with Gasteiger partial charge in [0.1, 0.15) is 6.04 Å². The van der Waals surface area contributed by atoms with E-state index in [-0.39, 0.29) is 0 Å². The quantitative estimate of drug-likeness (QED) is 0.451. The van der Waals surface area contributed by atoms with Crippen molar-refractivity contribution in [2.45, 2.75) is 12.1 Å². The molecule has 1 fully saturated rings. The Morgan fingerprint density at radius 2 is 1.42 bits per heavy atom. The van der Waals surface area contributed by atoms with E-state index in [4.69, 9.17) is 0 Å². The van der Waals surface area contributed by atoms with Gasteiger partial charge in [-0.2, -0.15) is 0 Å². The molecule has 24 heavy (non-hydrogen) atoms. The highest BCUT2D eigenvalue weighted by Gasteiger charge is 2.28. The van der Waals surface area contributed by atoms with Gasteiger partial charge in [-0.25, -0.2) is 0 Å². The van der Waals surface area contributed by atoms with E-state index in [1.165, 1.54) is 32.9 Å². The van der Waals surface area contributed by atoms with Gasteiger partial charge >= 0.3 is 0 Å². The van der Waals surface area contributed by atoms with Crippen molar-refractivity contribution < 1.29 is 5.32 Å². The molecule has 4 aromatic rings. The first-order valence-corrected chi connectivity index (χ1v) is 8.59. The van der Waals surface area contributed by atoms with Crippen molar-refractivity contribution in [2.75, 3.05) is 13.1 Å². The summed E-state index contributed by atoms with van der Waals surface area (Å²) in [5, 5.41) is 8.89. The molecule has 2 atom stereocenters. The zero-order chi connectivity index (χ0) is 15.9. The van der Waals surface area contributed by atoms with Crippen LogP contribution in [0.25, 0.3) is 21.8 Å². The van der Waals surface area contributed by atoms with Crippen LogP contribution in [0.2, 0.25) is 0 Å². The largest absolute Gasteiger partial charge is 0.361 e. The number of piperazine rings is 1. The van der Waals surface area contributed by atoms with Crippen LogP contribution in [0.15, 0.2) is 60.9 Å². The lowest BCUT2D eigenvalue weighted by atomic mass is 9.99. The average Bonchev–Trinajstić information content (AvgIpc) is 3.26. The van der Waals surface area contributed by atoms with Crippen LogP contribution < -0.4 is 10.6 Å². The molecule has 120 valence electrons. The van der Waals surface area contributed by atoms with Gasteiger partial charge in [0, 0.05) is 45.3 Å². The van der Waals surface area contributed by atoms with Gasteiger partial charge in [-0.3, -0.25) is 5.32 Å². The van der Waals surface area contributed by atoms with E-state index in [2.05, 4.69) is 81.5 Å². The third-order valence-electron chi connectivity index (χ3n) is 5.26. The Morgan fingerprint density at radius 3 is 2.08 bits per heavy atom. The van der Waals surface area contributed by atoms with Crippen LogP contribution in [0, 0.1) is 0 Å². The van der Waals surface area contributed by atoms with Crippen LogP contribution in [0.1, 0.15) is 23.2 Å². The molecular weight excluding hydrogens is 296 g/mol. The average molecular weight is 317 g/mol. The van der Waals surface area contributed by atoms with Gasteiger partial charge < -0.3 is 15.3 Å². The molecule has 0 amide bonds. The monoisotopic (exact) mass is 317 g/mol. The number of aromatic amines is 2. The SMILES string of the molecule is c1ccc2c(C3C[NH2+]C(c4c[nH]c5ccccc45)CN3)c[nH]c2c1. The van der Waals surface area contributed by atoms with Gasteiger partial charge in [0.25, 0.3) is 0 Å². The van der Waals surface area contributed by atoms with Gasteiger partial charge in [0.2, 0.25) is 0 Å². The minimum absolute atomic E-state index is 0.391. The minimum atomic E-state index is 0.391. The summed E-state index contributed by atoms with van der Waals surface area (Å²) in [5.41, 5.74) is 5.21. The molecule has 4 heteroatoms. The number of quaternary nitrogens is 1. The third kappa shape index (κ3) is 2.15. The number of aromatic nitrogens is 2. The summed E-state index contributed by atoms with van der Waals surface area (Å²) < 4.78 is 0. The Bertz CT molecular complexity index is 907. The summed E-state index contributed by atoms with van der Waals surface area (Å²) >= 11 is 0. The summed E-state index contributed by atoms with van der Waals surface area (Å²) in [4.78, 5) is 6.79. The van der Waals surface area contributed by atoms with Crippen LogP contribution in [-0.4, -0.2) is 23.1 Å². The Morgan fingerprint density at radius 1 is 0.792 bits per heavy atom. The second-order valence-electron chi connectivity index (χ2n) is 6.62. The first-order chi connectivity index (χ1) is 11.9. The number of hydrogen-bond acceptors (Lipinski definition) is 1. The number of rotatable bonds is 2. The maximum absolute atomic E-state index is 3.75. The van der Waals surface area contributed by atoms with Crippen LogP contribution in [-0.2, 0) is 0 Å². The number of nitrogens with two attached hydrogens (primary N) is 1. The summed E-state index contributed by atoms with van der Waals surface area (Å²) in [5.74, 6) is 0. The summed E-state index contributed by atoms with van der Waals surface area (Å²) in [6, 6.07) is 17.9. The Kier molecular flexibility index (Phi) is 3.18. The standard InChI is InChI=1S/C20H20N4/c1-3-7-17-13(5-1)15(9-21-17)19-11-24-20(12-23-19)16-10-22-18-8-4-2-6-14(16)18/h1-10,19-24H,11-12H2/p+1. The third-order valence-corrected chi connectivity index (χ3v) is 5.26. The number of hydrogen-bond donors (Lipinski definition) is 4. The highest BCUT2D eigenvalue weighted by atomic mass is 15.1. The molecule has 2 unspecified atom stereocenters. The lowest BCUT2D eigenvalue weighted by Gasteiger charge is -2.28. The van der Waals surface area contributed by atoms with Crippen molar-refractivity contribution in [1.29, 1.82) is 0 Å². The molecule has 1 aliphatic heterocycles. The van der Waals surface area contributed by atoms with Crippen molar-refractivity contribution in [1.82, 2.24) is 15.3 Å². The summed E-state index contributed by atoms with van der Waals surface area (Å²) in [6.45, 7) is 2.03. The number of H-pyrrole nitrogens is 2. The van der Waals surface area contributed by atoms with E-state index in [1.807, 2.05) is 0 Å². The molecular formula is C20H21N4+. The van der Waals surface area contributed by atoms with E-state index in [0.29, 0.717) is 12.1 Å². The highest BCUT2D eigenvalue weighted by Crippen LogP contribution is 2.27. The van der Waals surface area contributed by atoms with E-state index < -0.39 is 0 Å². The van der Waals surface area contributed by atoms with Gasteiger partial charge in [-0.05, 0) is 12.1 Å². The summed E-state index contributed by atoms with van der Waals surface area (Å²) in [7, 11) is 0. The lowest BCUT2D eigenvalue weighted by Crippen LogP contribution is -2.90. The normalized spacial score (nSPS) is 21.5. The van der Waals surface area contributed by atoms with Crippen molar-refractivity contribution in [3.63, 3.8) is 0 Å². The van der Waals surface area contributed by atoms with Crippen LogP contribution in [0.5, 0.6) is 0 Å². The molecule has 4 nitrogen and oxygen atoms in total. The number of benzene rings is 2. The maximum atomic E-state index is 3.75. The molecule has 0 spiro atoms. The van der Waals surface area contributed by atoms with E-state index in [9.17, 15) is 0 Å². The van der Waals surface area contributed by atoms with Crippen LogP contribution in [0.3, 0.4) is 0 Å². The molecule has 0 bridgehead atoms. The lowest BCUT2D eigenvalue weighted by molar-refractivity contribution is -0.704. The van der Waals surface area contributed by atoms with Crippen molar-refractivity contribution in [3.05, 3.63) is 72.1 Å². The first kappa shape index (κ1) is 13.8. The Hall–Kier alpha value is -2.56. The fourth-order valence-electron chi connectivity index (χ4n) is 3.99. The number of para-hydroxylation sites is 2. The smallest absolute Gasteiger partial charge is 0.126 e. The summed E-state index contributed by atoms with van der Waals surface area (Å²) in [6.07, 6.45) is 4.32. The molecule has 0 saturated carbocycles. The maximum Gasteiger partial charge on any atom is 0.126 e. The Labute approximate surface area is 140 Å². The molecule has 0 radical (unpaired) electrons.